The van der Waals surface area contributed by atoms with Crippen molar-refractivity contribution in [1.82, 2.24) is 14.1 Å². The summed E-state index contributed by atoms with van der Waals surface area (Å²) < 4.78 is 10.2. The maximum atomic E-state index is 13.1. The summed E-state index contributed by atoms with van der Waals surface area (Å²) in [4.78, 5) is 17.6. The lowest BCUT2D eigenvalue weighted by molar-refractivity contribution is 0.293. The van der Waals surface area contributed by atoms with Gasteiger partial charge in [-0.1, -0.05) is 36.4 Å². The van der Waals surface area contributed by atoms with E-state index in [-0.39, 0.29) is 5.69 Å². The van der Waals surface area contributed by atoms with Gasteiger partial charge < -0.3 is 4.74 Å². The van der Waals surface area contributed by atoms with Gasteiger partial charge in [-0.2, -0.15) is 0 Å². The summed E-state index contributed by atoms with van der Waals surface area (Å²) in [5, 5.41) is 0. The Bertz CT molecular complexity index is 1200. The van der Waals surface area contributed by atoms with Gasteiger partial charge in [-0.05, 0) is 53.5 Å². The summed E-state index contributed by atoms with van der Waals surface area (Å²) >= 11 is 3.57. The van der Waals surface area contributed by atoms with Crippen molar-refractivity contribution >= 4 is 27.0 Å². The van der Waals surface area contributed by atoms with Crippen molar-refractivity contribution in [2.75, 3.05) is 0 Å². The second kappa shape index (κ2) is 7.64. The van der Waals surface area contributed by atoms with E-state index in [0.29, 0.717) is 19.0 Å². The number of halogens is 1. The zero-order valence-electron chi connectivity index (χ0n) is 15.7. The minimum Gasteiger partial charge on any atom is -0.473 e. The second-order valence-electron chi connectivity index (χ2n) is 6.50. The van der Waals surface area contributed by atoms with E-state index < -0.39 is 0 Å². The van der Waals surface area contributed by atoms with E-state index in [0.717, 1.165) is 32.5 Å². The Labute approximate surface area is 171 Å². The first-order valence-electron chi connectivity index (χ1n) is 9.14. The number of aryl methyl sites for hydroxylation is 2. The smallest absolute Gasteiger partial charge is 0.333 e. The lowest BCUT2D eigenvalue weighted by Crippen LogP contribution is -2.23. The molecule has 2 heterocycles. The van der Waals surface area contributed by atoms with Gasteiger partial charge in [-0.3, -0.25) is 9.13 Å². The minimum absolute atomic E-state index is 0.0766. The summed E-state index contributed by atoms with van der Waals surface area (Å²) in [6.07, 6.45) is 0. The highest BCUT2D eigenvalue weighted by atomic mass is 79.9. The third kappa shape index (κ3) is 3.24. The number of fused-ring (bicyclic) bond motifs is 1. The van der Waals surface area contributed by atoms with Crippen LogP contribution in [0.3, 0.4) is 0 Å². The summed E-state index contributed by atoms with van der Waals surface area (Å²) in [6.45, 7) is 4.91. The summed E-state index contributed by atoms with van der Waals surface area (Å²) in [7, 11) is 0. The molecule has 6 heteroatoms. The molecule has 0 aliphatic heterocycles. The molecule has 0 saturated carbocycles. The van der Waals surface area contributed by atoms with E-state index in [1.165, 1.54) is 0 Å². The van der Waals surface area contributed by atoms with Gasteiger partial charge in [0.1, 0.15) is 6.61 Å². The monoisotopic (exact) mass is 437 g/mol. The van der Waals surface area contributed by atoms with Crippen LogP contribution in [0, 0.1) is 6.92 Å². The third-order valence-electron chi connectivity index (χ3n) is 4.72. The fraction of sp³-hybridized carbons (Fsp3) is 0.182. The molecule has 4 aromatic rings. The number of aromatic nitrogens is 3. The van der Waals surface area contributed by atoms with Crippen molar-refractivity contribution in [1.29, 1.82) is 0 Å². The van der Waals surface area contributed by atoms with Crippen LogP contribution in [0.5, 0.6) is 5.88 Å². The van der Waals surface area contributed by atoms with Crippen LogP contribution in [0.2, 0.25) is 0 Å². The largest absolute Gasteiger partial charge is 0.473 e. The van der Waals surface area contributed by atoms with Crippen molar-refractivity contribution in [2.24, 2.45) is 0 Å². The number of hydrogen-bond donors (Lipinski definition) is 0. The molecule has 0 aliphatic carbocycles. The highest BCUT2D eigenvalue weighted by molar-refractivity contribution is 9.10. The predicted octanol–water partition coefficient (Wildman–Crippen LogP) is 4.86. The minimum atomic E-state index is -0.0766. The second-order valence-corrected chi connectivity index (χ2v) is 7.35. The first-order chi connectivity index (χ1) is 13.6. The van der Waals surface area contributed by atoms with Crippen molar-refractivity contribution in [2.45, 2.75) is 27.0 Å². The molecule has 4 rings (SSSR count). The Morgan fingerprint density at radius 1 is 1.04 bits per heavy atom. The Kier molecular flexibility index (Phi) is 5.05. The SMILES string of the molecule is CCn1c(=O)n(-c2ccc(OCc3ccccc3)nc2C)c2cccc(Br)c21. The molecule has 0 bridgehead atoms. The Morgan fingerprint density at radius 3 is 2.54 bits per heavy atom. The van der Waals surface area contributed by atoms with Crippen LogP contribution < -0.4 is 10.4 Å². The molecule has 0 N–H and O–H groups in total. The van der Waals surface area contributed by atoms with Gasteiger partial charge in [-0.25, -0.2) is 9.78 Å². The van der Waals surface area contributed by atoms with Crippen LogP contribution in [0.15, 0.2) is 69.9 Å². The van der Waals surface area contributed by atoms with Crippen LogP contribution in [0.4, 0.5) is 0 Å². The normalized spacial score (nSPS) is 11.1. The van der Waals surface area contributed by atoms with Gasteiger partial charge >= 0.3 is 5.69 Å². The van der Waals surface area contributed by atoms with Crippen molar-refractivity contribution in [3.63, 3.8) is 0 Å². The highest BCUT2D eigenvalue weighted by Gasteiger charge is 2.17. The number of imidazole rings is 1. The molecule has 0 radical (unpaired) electrons. The average Bonchev–Trinajstić information content (AvgIpc) is 3.00. The topological polar surface area (TPSA) is 49.0 Å². The molecule has 142 valence electrons. The quantitative estimate of drug-likeness (QED) is 0.447. The van der Waals surface area contributed by atoms with E-state index in [4.69, 9.17) is 4.74 Å². The van der Waals surface area contributed by atoms with Gasteiger partial charge in [0.25, 0.3) is 0 Å². The number of rotatable bonds is 5. The molecule has 0 amide bonds. The van der Waals surface area contributed by atoms with Gasteiger partial charge in [0.05, 0.1) is 22.4 Å². The Morgan fingerprint density at radius 2 is 1.82 bits per heavy atom. The average molecular weight is 438 g/mol. The van der Waals surface area contributed by atoms with Crippen LogP contribution in [0.25, 0.3) is 16.7 Å². The third-order valence-corrected chi connectivity index (χ3v) is 5.36. The van der Waals surface area contributed by atoms with E-state index in [1.54, 1.807) is 9.13 Å². The first kappa shape index (κ1) is 18.5. The maximum absolute atomic E-state index is 13.1. The zero-order valence-corrected chi connectivity index (χ0v) is 17.3. The summed E-state index contributed by atoms with van der Waals surface area (Å²) in [5.41, 5.74) is 4.24. The number of para-hydroxylation sites is 1. The number of hydrogen-bond acceptors (Lipinski definition) is 3. The van der Waals surface area contributed by atoms with Gasteiger partial charge in [0.15, 0.2) is 0 Å². The highest BCUT2D eigenvalue weighted by Crippen LogP contribution is 2.26. The van der Waals surface area contributed by atoms with Crippen LogP contribution in [-0.4, -0.2) is 14.1 Å². The van der Waals surface area contributed by atoms with Crippen LogP contribution >= 0.6 is 15.9 Å². The molecule has 0 aliphatic rings. The van der Waals surface area contributed by atoms with Crippen LogP contribution in [-0.2, 0) is 13.2 Å². The molecule has 0 spiro atoms. The molecule has 0 atom stereocenters. The molecule has 0 fully saturated rings. The Balaban J connectivity index is 1.74. The number of benzene rings is 2. The fourth-order valence-corrected chi connectivity index (χ4v) is 3.95. The molecule has 2 aromatic heterocycles. The van der Waals surface area contributed by atoms with Crippen LogP contribution in [0.1, 0.15) is 18.2 Å². The van der Waals surface area contributed by atoms with Gasteiger partial charge in [0, 0.05) is 17.1 Å². The molecular weight excluding hydrogens is 418 g/mol. The molecule has 2 aromatic carbocycles. The van der Waals surface area contributed by atoms with E-state index in [2.05, 4.69) is 20.9 Å². The van der Waals surface area contributed by atoms with Crippen molar-refractivity contribution in [3.8, 4) is 11.6 Å². The fourth-order valence-electron chi connectivity index (χ4n) is 3.38. The first-order valence-corrected chi connectivity index (χ1v) is 9.94. The lowest BCUT2D eigenvalue weighted by Gasteiger charge is -2.10. The van der Waals surface area contributed by atoms with E-state index in [1.807, 2.05) is 74.5 Å². The molecule has 5 nitrogen and oxygen atoms in total. The lowest BCUT2D eigenvalue weighted by atomic mass is 10.2. The number of nitrogens with zero attached hydrogens (tertiary/aromatic N) is 3. The summed E-state index contributed by atoms with van der Waals surface area (Å²) in [5.74, 6) is 0.540. The summed E-state index contributed by atoms with van der Waals surface area (Å²) in [6, 6.07) is 19.5. The predicted molar refractivity (Wildman–Crippen MR) is 114 cm³/mol. The Hall–Kier alpha value is -2.86. The molecule has 28 heavy (non-hydrogen) atoms. The maximum Gasteiger partial charge on any atom is 0.333 e. The molecule has 0 unspecified atom stereocenters. The van der Waals surface area contributed by atoms with E-state index in [9.17, 15) is 4.79 Å². The number of ether oxygens (including phenoxy) is 1. The molecule has 0 saturated heterocycles. The zero-order chi connectivity index (χ0) is 19.7. The van der Waals surface area contributed by atoms with Crippen molar-refractivity contribution < 1.29 is 4.74 Å². The number of pyridine rings is 1. The molecular formula is C22H20BrN3O2. The van der Waals surface area contributed by atoms with Gasteiger partial charge in [0.2, 0.25) is 5.88 Å². The standard InChI is InChI=1S/C22H20BrN3O2/c1-3-25-21-17(23)10-7-11-19(21)26(22(25)27)18-12-13-20(24-15(18)2)28-14-16-8-5-4-6-9-16/h4-13H,3,14H2,1-2H3. The van der Waals surface area contributed by atoms with E-state index >= 15 is 0 Å². The van der Waals surface area contributed by atoms with Crippen molar-refractivity contribution in [3.05, 3.63) is 86.9 Å². The van der Waals surface area contributed by atoms with Gasteiger partial charge in [-0.15, -0.1) is 0 Å².